The second-order valence-corrected chi connectivity index (χ2v) is 8.33. The Hall–Kier alpha value is -3.13. The number of amides is 1. The van der Waals surface area contributed by atoms with Crippen LogP contribution in [0.1, 0.15) is 50.6 Å². The normalized spacial score (nSPS) is 16.0. The Morgan fingerprint density at radius 3 is 2.52 bits per heavy atom. The summed E-state index contributed by atoms with van der Waals surface area (Å²) in [6.45, 7) is 6.03. The van der Waals surface area contributed by atoms with Gasteiger partial charge in [-0.1, -0.05) is 32.0 Å². The molecule has 7 nitrogen and oxygen atoms in total. The third kappa shape index (κ3) is 4.80. The summed E-state index contributed by atoms with van der Waals surface area (Å²) in [7, 11) is 0. The largest absolute Gasteiger partial charge is 0.423 e. The van der Waals surface area contributed by atoms with Crippen molar-refractivity contribution in [2.24, 2.45) is 0 Å². The number of carbonyl (C=O) groups excluding carboxylic acids is 1. The second kappa shape index (κ2) is 10.2. The van der Waals surface area contributed by atoms with Gasteiger partial charge in [0.25, 0.3) is 0 Å². The summed E-state index contributed by atoms with van der Waals surface area (Å²) in [6, 6.07) is 12.3. The summed E-state index contributed by atoms with van der Waals surface area (Å²) < 4.78 is 21.0. The van der Waals surface area contributed by atoms with Gasteiger partial charge in [-0.15, -0.1) is 10.2 Å². The van der Waals surface area contributed by atoms with Crippen molar-refractivity contribution in [3.63, 3.8) is 0 Å². The lowest BCUT2D eigenvalue weighted by atomic mass is 9.84. The zero-order valence-corrected chi connectivity index (χ0v) is 19.2. The number of piperidine rings is 1. The highest BCUT2D eigenvalue weighted by atomic mass is 19.1. The van der Waals surface area contributed by atoms with Crippen LogP contribution in [0.4, 0.5) is 10.1 Å². The molecule has 1 aliphatic heterocycles. The number of likely N-dealkylation sites (tertiary alicyclic amines) is 1. The zero-order chi connectivity index (χ0) is 23.3. The molecule has 0 unspecified atom stereocenters. The van der Waals surface area contributed by atoms with E-state index in [1.54, 1.807) is 36.2 Å². The van der Waals surface area contributed by atoms with Crippen LogP contribution in [0.15, 0.2) is 53.1 Å². The number of aromatic nitrogens is 3. The van der Waals surface area contributed by atoms with E-state index in [0.29, 0.717) is 31.0 Å². The molecule has 8 heteroatoms. The van der Waals surface area contributed by atoms with Crippen molar-refractivity contribution >= 4 is 11.6 Å². The summed E-state index contributed by atoms with van der Waals surface area (Å²) in [4.78, 5) is 21.6. The third-order valence-corrected chi connectivity index (χ3v) is 6.33. The number of hydrogen-bond acceptors (Lipinski definition) is 6. The smallest absolute Gasteiger partial charge is 0.242 e. The first-order chi connectivity index (χ1) is 16.1. The van der Waals surface area contributed by atoms with E-state index >= 15 is 0 Å². The van der Waals surface area contributed by atoms with Crippen LogP contribution in [0.25, 0.3) is 0 Å². The van der Waals surface area contributed by atoms with Crippen molar-refractivity contribution in [1.29, 1.82) is 0 Å². The molecule has 4 rings (SSSR count). The van der Waals surface area contributed by atoms with Crippen LogP contribution in [-0.4, -0.2) is 45.6 Å². The van der Waals surface area contributed by atoms with Gasteiger partial charge >= 0.3 is 0 Å². The van der Waals surface area contributed by atoms with Crippen molar-refractivity contribution in [1.82, 2.24) is 20.1 Å². The van der Waals surface area contributed by atoms with Gasteiger partial charge in [-0.25, -0.2) is 4.39 Å². The molecular formula is C25H30FN5O2. The van der Waals surface area contributed by atoms with Crippen LogP contribution < -0.4 is 4.90 Å². The van der Waals surface area contributed by atoms with Crippen LogP contribution in [0.2, 0.25) is 0 Å². The maximum atomic E-state index is 15.0. The summed E-state index contributed by atoms with van der Waals surface area (Å²) in [5.74, 6) is 0.290. The fourth-order valence-electron chi connectivity index (χ4n) is 4.48. The molecule has 0 atom stereocenters. The zero-order valence-electron chi connectivity index (χ0n) is 19.2. The molecule has 1 saturated heterocycles. The van der Waals surface area contributed by atoms with E-state index in [1.165, 1.54) is 6.07 Å². The first-order valence-corrected chi connectivity index (χ1v) is 11.6. The van der Waals surface area contributed by atoms with Crippen molar-refractivity contribution in [3.05, 3.63) is 72.0 Å². The van der Waals surface area contributed by atoms with E-state index in [1.807, 2.05) is 25.1 Å². The maximum absolute atomic E-state index is 15.0. The number of nitrogens with zero attached hydrogens (tertiary/aromatic N) is 5. The molecule has 0 bridgehead atoms. The number of carbonyl (C=O) groups is 1. The van der Waals surface area contributed by atoms with Crippen molar-refractivity contribution in [2.45, 2.75) is 51.5 Å². The average molecular weight is 452 g/mol. The van der Waals surface area contributed by atoms with Gasteiger partial charge in [0.2, 0.25) is 17.7 Å². The van der Waals surface area contributed by atoms with Gasteiger partial charge in [0.15, 0.2) is 0 Å². The standard InChI is InChI=1S/C25H30FN5O2/c1-3-22-28-29-24(33-22)25(31(23(32)4-2)21-11-6-5-10-20(21)26)13-17-30(18-14-25)16-12-19-9-7-8-15-27-19/h5-11,15H,3-4,12-14,16-18H2,1-2H3. The maximum Gasteiger partial charge on any atom is 0.242 e. The summed E-state index contributed by atoms with van der Waals surface area (Å²) in [5, 5.41) is 8.50. The molecular weight excluding hydrogens is 421 g/mol. The Kier molecular flexibility index (Phi) is 7.13. The number of para-hydroxylation sites is 1. The van der Waals surface area contributed by atoms with Crippen LogP contribution in [0.3, 0.4) is 0 Å². The van der Waals surface area contributed by atoms with E-state index < -0.39 is 11.4 Å². The van der Waals surface area contributed by atoms with E-state index in [9.17, 15) is 9.18 Å². The van der Waals surface area contributed by atoms with Gasteiger partial charge < -0.3 is 9.32 Å². The van der Waals surface area contributed by atoms with E-state index in [-0.39, 0.29) is 18.0 Å². The molecule has 3 aromatic rings. The molecule has 2 aromatic heterocycles. The fraction of sp³-hybridized carbons (Fsp3) is 0.440. The lowest BCUT2D eigenvalue weighted by Crippen LogP contribution is -2.56. The molecule has 0 saturated carbocycles. The van der Waals surface area contributed by atoms with Gasteiger partial charge in [-0.05, 0) is 37.1 Å². The van der Waals surface area contributed by atoms with Crippen LogP contribution in [0.5, 0.6) is 0 Å². The molecule has 0 aliphatic carbocycles. The lowest BCUT2D eigenvalue weighted by Gasteiger charge is -2.46. The highest BCUT2D eigenvalue weighted by Crippen LogP contribution is 2.42. The lowest BCUT2D eigenvalue weighted by molar-refractivity contribution is -0.120. The van der Waals surface area contributed by atoms with Gasteiger partial charge in [-0.2, -0.15) is 0 Å². The number of benzene rings is 1. The molecule has 0 spiro atoms. The summed E-state index contributed by atoms with van der Waals surface area (Å²) in [6.07, 6.45) is 4.63. The Labute approximate surface area is 193 Å². The van der Waals surface area contributed by atoms with E-state index in [2.05, 4.69) is 20.1 Å². The monoisotopic (exact) mass is 451 g/mol. The minimum absolute atomic E-state index is 0.168. The Balaban J connectivity index is 1.65. The summed E-state index contributed by atoms with van der Waals surface area (Å²) in [5.41, 5.74) is 0.410. The fourth-order valence-corrected chi connectivity index (χ4v) is 4.48. The predicted molar refractivity (Wildman–Crippen MR) is 123 cm³/mol. The first-order valence-electron chi connectivity index (χ1n) is 11.6. The topological polar surface area (TPSA) is 75.4 Å². The Bertz CT molecular complexity index is 1060. The molecule has 1 aliphatic rings. The number of anilines is 1. The molecule has 1 amide bonds. The predicted octanol–water partition coefficient (Wildman–Crippen LogP) is 4.14. The van der Waals surface area contributed by atoms with Crippen molar-refractivity contribution in [3.8, 4) is 0 Å². The molecule has 0 radical (unpaired) electrons. The molecule has 174 valence electrons. The molecule has 33 heavy (non-hydrogen) atoms. The van der Waals surface area contributed by atoms with Gasteiger partial charge in [0, 0.05) is 50.8 Å². The van der Waals surface area contributed by atoms with Gasteiger partial charge in [0.05, 0.1) is 5.69 Å². The van der Waals surface area contributed by atoms with Gasteiger partial charge in [-0.3, -0.25) is 14.7 Å². The second-order valence-electron chi connectivity index (χ2n) is 8.33. The van der Waals surface area contributed by atoms with Crippen LogP contribution in [0, 0.1) is 5.82 Å². The Morgan fingerprint density at radius 2 is 1.88 bits per heavy atom. The number of halogens is 1. The van der Waals surface area contributed by atoms with Crippen molar-refractivity contribution < 1.29 is 13.6 Å². The number of rotatable bonds is 8. The van der Waals surface area contributed by atoms with Gasteiger partial charge in [0.1, 0.15) is 11.4 Å². The highest BCUT2D eigenvalue weighted by Gasteiger charge is 2.49. The summed E-state index contributed by atoms with van der Waals surface area (Å²) >= 11 is 0. The van der Waals surface area contributed by atoms with Crippen LogP contribution in [-0.2, 0) is 23.2 Å². The first kappa shape index (κ1) is 23.0. The highest BCUT2D eigenvalue weighted by molar-refractivity contribution is 5.94. The molecule has 1 fully saturated rings. The molecule has 0 N–H and O–H groups in total. The average Bonchev–Trinajstić information content (AvgIpc) is 3.35. The minimum Gasteiger partial charge on any atom is -0.423 e. The quantitative estimate of drug-likeness (QED) is 0.512. The van der Waals surface area contributed by atoms with Crippen LogP contribution >= 0.6 is 0 Å². The van der Waals surface area contributed by atoms with E-state index in [4.69, 9.17) is 4.42 Å². The molecule has 1 aromatic carbocycles. The number of hydrogen-bond donors (Lipinski definition) is 0. The number of pyridine rings is 1. The van der Waals surface area contributed by atoms with Crippen molar-refractivity contribution in [2.75, 3.05) is 24.5 Å². The number of aryl methyl sites for hydroxylation is 1. The SMILES string of the molecule is CCC(=O)N(c1ccccc1F)C1(c2nnc(CC)o2)CCN(CCc2ccccn2)CC1. The van der Waals surface area contributed by atoms with E-state index in [0.717, 1.165) is 31.7 Å². The minimum atomic E-state index is -0.892. The third-order valence-electron chi connectivity index (χ3n) is 6.33. The Morgan fingerprint density at radius 1 is 1.12 bits per heavy atom. The molecule has 3 heterocycles.